The van der Waals surface area contributed by atoms with E-state index in [0.717, 1.165) is 77.3 Å². The fraction of sp³-hybridized carbons (Fsp3) is 0. The largest absolute Gasteiger partial charge is 0.256 e. The molecule has 0 saturated carbocycles. The van der Waals surface area contributed by atoms with Crippen molar-refractivity contribution in [2.45, 2.75) is 0 Å². The van der Waals surface area contributed by atoms with E-state index in [0.29, 0.717) is 17.5 Å². The molecule has 13 rings (SSSR count). The lowest BCUT2D eigenvalue weighted by Crippen LogP contribution is -2.01. The summed E-state index contributed by atoms with van der Waals surface area (Å²) in [6.45, 7) is 0. The van der Waals surface area contributed by atoms with Crippen LogP contribution >= 0.6 is 0 Å². The summed E-state index contributed by atoms with van der Waals surface area (Å²) >= 11 is 0. The van der Waals surface area contributed by atoms with Crippen molar-refractivity contribution < 1.29 is 0 Å². The Morgan fingerprint density at radius 1 is 0.235 bits per heavy atom. The quantitative estimate of drug-likeness (QED) is 0.150. The van der Waals surface area contributed by atoms with Gasteiger partial charge in [-0.25, -0.2) is 15.0 Å². The van der Waals surface area contributed by atoms with Crippen LogP contribution in [0, 0.1) is 0 Å². The van der Waals surface area contributed by atoms with E-state index < -0.39 is 0 Å². The van der Waals surface area contributed by atoms with Crippen LogP contribution in [0.15, 0.2) is 243 Å². The van der Waals surface area contributed by atoms with Gasteiger partial charge in [0.1, 0.15) is 0 Å². The van der Waals surface area contributed by atoms with Gasteiger partial charge in [-0.15, -0.1) is 0 Å². The summed E-state index contributed by atoms with van der Waals surface area (Å²) in [5, 5.41) is 11.6. The Morgan fingerprint density at radius 2 is 0.706 bits per heavy atom. The summed E-state index contributed by atoms with van der Waals surface area (Å²) in [6, 6.07) is 84.2. The van der Waals surface area contributed by atoms with Gasteiger partial charge in [0.05, 0.1) is 5.69 Å². The van der Waals surface area contributed by atoms with Crippen molar-refractivity contribution in [3.8, 4) is 78.8 Å². The van der Waals surface area contributed by atoms with E-state index in [-0.39, 0.29) is 0 Å². The van der Waals surface area contributed by atoms with Crippen molar-refractivity contribution in [2.24, 2.45) is 0 Å². The van der Waals surface area contributed by atoms with Gasteiger partial charge in [0.2, 0.25) is 0 Å². The smallest absolute Gasteiger partial charge is 0.164 e. The summed E-state index contributed by atoms with van der Waals surface area (Å²) in [4.78, 5) is 21.0. The first-order valence-electron chi connectivity index (χ1n) is 23.0. The molecule has 0 spiro atoms. The molecule has 0 aliphatic rings. The highest BCUT2D eigenvalue weighted by Crippen LogP contribution is 2.42. The van der Waals surface area contributed by atoms with Gasteiger partial charge in [-0.05, 0) is 118 Å². The van der Waals surface area contributed by atoms with Crippen LogP contribution in [0.2, 0.25) is 0 Å². The van der Waals surface area contributed by atoms with Crippen molar-refractivity contribution in [1.29, 1.82) is 0 Å². The molecule has 0 aliphatic carbocycles. The Morgan fingerprint density at radius 3 is 1.35 bits per heavy atom. The maximum Gasteiger partial charge on any atom is 0.164 e. The lowest BCUT2D eigenvalue weighted by molar-refractivity contribution is 1.08. The second-order valence-electron chi connectivity index (χ2n) is 17.4. The number of rotatable bonds is 7. The zero-order valence-electron chi connectivity index (χ0n) is 36.9. The summed E-state index contributed by atoms with van der Waals surface area (Å²) in [5.74, 6) is 1.85. The monoisotopic (exact) mass is 864 g/mol. The Kier molecular flexibility index (Phi) is 9.47. The van der Waals surface area contributed by atoms with Gasteiger partial charge < -0.3 is 0 Å². The molecule has 13 aromatic rings. The molecule has 0 atom stereocenters. The molecule has 0 bridgehead atoms. The zero-order valence-corrected chi connectivity index (χ0v) is 36.9. The number of nitrogens with zero attached hydrogens (tertiary/aromatic N) is 4. The van der Waals surface area contributed by atoms with E-state index in [1.165, 1.54) is 37.9 Å². The third-order valence-electron chi connectivity index (χ3n) is 13.3. The third kappa shape index (κ3) is 6.95. The lowest BCUT2D eigenvalue weighted by Gasteiger charge is -2.16. The minimum atomic E-state index is 0.602. The average Bonchev–Trinajstić information content (AvgIpc) is 3.41. The van der Waals surface area contributed by atoms with Crippen LogP contribution in [0.25, 0.3) is 133 Å². The minimum absolute atomic E-state index is 0.602. The minimum Gasteiger partial charge on any atom is -0.256 e. The van der Waals surface area contributed by atoms with Gasteiger partial charge in [-0.3, -0.25) is 4.98 Å². The maximum atomic E-state index is 5.41. The molecule has 0 radical (unpaired) electrons. The maximum absolute atomic E-state index is 5.41. The van der Waals surface area contributed by atoms with Crippen molar-refractivity contribution >= 4 is 53.9 Å². The Labute approximate surface area is 393 Å². The van der Waals surface area contributed by atoms with Crippen LogP contribution in [0.3, 0.4) is 0 Å². The predicted molar refractivity (Wildman–Crippen MR) is 283 cm³/mol. The van der Waals surface area contributed by atoms with Crippen LogP contribution < -0.4 is 0 Å². The van der Waals surface area contributed by atoms with Gasteiger partial charge >= 0.3 is 0 Å². The van der Waals surface area contributed by atoms with Crippen LogP contribution in [0.5, 0.6) is 0 Å². The fourth-order valence-electron chi connectivity index (χ4n) is 10.0. The lowest BCUT2D eigenvalue weighted by atomic mass is 9.89. The predicted octanol–water partition coefficient (Wildman–Crippen LogP) is 16.7. The van der Waals surface area contributed by atoms with E-state index in [1.807, 2.05) is 12.3 Å². The summed E-state index contributed by atoms with van der Waals surface area (Å²) in [6.07, 6.45) is 1.88. The first-order chi connectivity index (χ1) is 33.7. The third-order valence-corrected chi connectivity index (χ3v) is 13.3. The van der Waals surface area contributed by atoms with Gasteiger partial charge in [0, 0.05) is 34.0 Å². The standard InChI is InChI=1S/C64H40N4/c1-2-17-46-36-49(34-31-41(46)14-1)61-57(28-13-35-65-61)45-32-29-42(30-33-45)50-38-51(60-55-24-9-5-18-47(55)37-48-19-6-10-25-56(48)60)40-52(39-50)62-66-63(58-26-11-20-43-15-3-7-22-53(43)58)68-64(67-62)59-27-12-21-44-16-4-8-23-54(44)59/h1-40H. The van der Waals surface area contributed by atoms with Crippen molar-refractivity contribution in [2.75, 3.05) is 0 Å². The molecule has 0 amide bonds. The first kappa shape index (κ1) is 39.3. The molecule has 68 heavy (non-hydrogen) atoms. The molecule has 0 aliphatic heterocycles. The van der Waals surface area contributed by atoms with Gasteiger partial charge in [0.15, 0.2) is 17.5 Å². The first-order valence-corrected chi connectivity index (χ1v) is 23.0. The van der Waals surface area contributed by atoms with Gasteiger partial charge in [-0.2, -0.15) is 0 Å². The molecule has 0 saturated heterocycles. The number of hydrogen-bond donors (Lipinski definition) is 0. The van der Waals surface area contributed by atoms with Crippen molar-refractivity contribution in [3.05, 3.63) is 243 Å². The van der Waals surface area contributed by atoms with Crippen LogP contribution in [0.1, 0.15) is 0 Å². The molecule has 316 valence electrons. The van der Waals surface area contributed by atoms with E-state index >= 15 is 0 Å². The average molecular weight is 865 g/mol. The van der Waals surface area contributed by atoms with Crippen LogP contribution in [-0.4, -0.2) is 19.9 Å². The summed E-state index contributed by atoms with van der Waals surface area (Å²) in [5.41, 5.74) is 11.4. The Balaban J connectivity index is 1.03. The highest BCUT2D eigenvalue weighted by Gasteiger charge is 2.19. The van der Waals surface area contributed by atoms with Crippen molar-refractivity contribution in [3.63, 3.8) is 0 Å². The number of benzene rings is 11. The topological polar surface area (TPSA) is 51.6 Å². The second-order valence-corrected chi connectivity index (χ2v) is 17.4. The Bertz CT molecular complexity index is 3940. The van der Waals surface area contributed by atoms with E-state index in [2.05, 4.69) is 231 Å². The van der Waals surface area contributed by atoms with Crippen molar-refractivity contribution in [1.82, 2.24) is 19.9 Å². The van der Waals surface area contributed by atoms with Crippen LogP contribution in [0.4, 0.5) is 0 Å². The molecule has 2 aromatic heterocycles. The molecule has 0 unspecified atom stereocenters. The van der Waals surface area contributed by atoms with E-state index in [9.17, 15) is 0 Å². The summed E-state index contributed by atoms with van der Waals surface area (Å²) < 4.78 is 0. The highest BCUT2D eigenvalue weighted by atomic mass is 15.0. The highest BCUT2D eigenvalue weighted by molar-refractivity contribution is 6.13. The normalized spacial score (nSPS) is 11.5. The fourth-order valence-corrected chi connectivity index (χ4v) is 10.0. The molecule has 11 aromatic carbocycles. The van der Waals surface area contributed by atoms with Gasteiger partial charge in [0.25, 0.3) is 0 Å². The molecule has 4 nitrogen and oxygen atoms in total. The van der Waals surface area contributed by atoms with Gasteiger partial charge in [-0.1, -0.05) is 200 Å². The molecular weight excluding hydrogens is 825 g/mol. The van der Waals surface area contributed by atoms with E-state index in [1.54, 1.807) is 0 Å². The summed E-state index contributed by atoms with van der Waals surface area (Å²) in [7, 11) is 0. The SMILES string of the molecule is c1cnc(-c2ccc3ccccc3c2)c(-c2ccc(-c3cc(-c4nc(-c5cccc6ccccc56)nc(-c5cccc6ccccc56)n4)cc(-c4c5ccccc5cc5ccccc45)c3)cc2)c1. The number of hydrogen-bond acceptors (Lipinski definition) is 4. The molecule has 0 N–H and O–H groups in total. The number of fused-ring (bicyclic) bond motifs is 5. The van der Waals surface area contributed by atoms with Crippen LogP contribution in [-0.2, 0) is 0 Å². The number of aromatic nitrogens is 4. The molecule has 2 heterocycles. The Hall–Kier alpha value is -9.12. The molecule has 4 heteroatoms. The molecule has 0 fully saturated rings. The number of pyridine rings is 1. The van der Waals surface area contributed by atoms with E-state index in [4.69, 9.17) is 19.9 Å². The second kappa shape index (κ2) is 16.4. The molecular formula is C64H40N4. The zero-order chi connectivity index (χ0) is 45.0.